The predicted molar refractivity (Wildman–Crippen MR) is 56.6 cm³/mol. The number of carboxylic acids is 1. The lowest BCUT2D eigenvalue weighted by molar-refractivity contribution is -0.141. The van der Waals surface area contributed by atoms with Gasteiger partial charge in [-0.2, -0.15) is 0 Å². The third kappa shape index (κ3) is 4.59. The van der Waals surface area contributed by atoms with Crippen LogP contribution >= 0.6 is 0 Å². The number of hydrogen-bond donors (Lipinski definition) is 3. The molecule has 15 heavy (non-hydrogen) atoms. The third-order valence-corrected chi connectivity index (χ3v) is 2.76. The summed E-state index contributed by atoms with van der Waals surface area (Å²) < 4.78 is 0. The van der Waals surface area contributed by atoms with Crippen LogP contribution in [0.5, 0.6) is 0 Å². The maximum atomic E-state index is 10.7. The largest absolute Gasteiger partial charge is 0.480 e. The highest BCUT2D eigenvalue weighted by atomic mass is 16.4. The predicted octanol–water partition coefficient (Wildman–Crippen LogP) is -0.0884. The van der Waals surface area contributed by atoms with Crippen LogP contribution in [0.15, 0.2) is 0 Å². The van der Waals surface area contributed by atoms with Gasteiger partial charge in [0.2, 0.25) is 0 Å². The average Bonchev–Trinajstić information content (AvgIpc) is 2.11. The number of nitrogens with zero attached hydrogens (tertiary/aromatic N) is 1. The van der Waals surface area contributed by atoms with Gasteiger partial charge < -0.3 is 15.3 Å². The summed E-state index contributed by atoms with van der Waals surface area (Å²) in [7, 11) is 0. The molecule has 0 radical (unpaired) electrons. The summed E-state index contributed by atoms with van der Waals surface area (Å²) in [4.78, 5) is 12.2. The first-order chi connectivity index (χ1) is 6.77. The monoisotopic (exact) mass is 219 g/mol. The quantitative estimate of drug-likeness (QED) is 0.582. The molecule has 0 aliphatic carbocycles. The van der Waals surface area contributed by atoms with Crippen molar-refractivity contribution in [1.29, 1.82) is 0 Å². The van der Waals surface area contributed by atoms with E-state index in [1.54, 1.807) is 32.6 Å². The van der Waals surface area contributed by atoms with Crippen LogP contribution in [0.2, 0.25) is 0 Å². The molecule has 0 saturated carbocycles. The summed E-state index contributed by atoms with van der Waals surface area (Å²) in [5.74, 6) is -0.963. The van der Waals surface area contributed by atoms with Crippen molar-refractivity contribution in [2.24, 2.45) is 0 Å². The molecule has 90 valence electrons. The molecule has 4 unspecified atom stereocenters. The summed E-state index contributed by atoms with van der Waals surface area (Å²) in [5, 5.41) is 27.6. The summed E-state index contributed by atoms with van der Waals surface area (Å²) in [6, 6.07) is -0.601. The van der Waals surface area contributed by atoms with Crippen molar-refractivity contribution in [3.63, 3.8) is 0 Å². The molecule has 4 atom stereocenters. The molecule has 5 heteroatoms. The number of aliphatic hydroxyl groups excluding tert-OH is 2. The van der Waals surface area contributed by atoms with Gasteiger partial charge in [0.15, 0.2) is 0 Å². The molecule has 3 N–H and O–H groups in total. The molecular formula is C10H21NO4. The summed E-state index contributed by atoms with van der Waals surface area (Å²) in [5.41, 5.74) is 0. The van der Waals surface area contributed by atoms with Crippen LogP contribution in [0.25, 0.3) is 0 Å². The second-order valence-electron chi connectivity index (χ2n) is 4.03. The fourth-order valence-electron chi connectivity index (χ4n) is 1.37. The summed E-state index contributed by atoms with van der Waals surface area (Å²) in [6.45, 7) is 6.51. The lowest BCUT2D eigenvalue weighted by Gasteiger charge is -2.36. The molecule has 0 heterocycles. The lowest BCUT2D eigenvalue weighted by Crippen LogP contribution is -2.51. The molecule has 0 aromatic carbocycles. The Morgan fingerprint density at radius 1 is 1.07 bits per heavy atom. The maximum absolute atomic E-state index is 10.7. The zero-order chi connectivity index (χ0) is 12.2. The smallest absolute Gasteiger partial charge is 0.317 e. The van der Waals surface area contributed by atoms with E-state index in [1.807, 2.05) is 0 Å². The van der Waals surface area contributed by atoms with Crippen molar-refractivity contribution in [3.8, 4) is 0 Å². The number of aliphatic hydroxyl groups is 2. The van der Waals surface area contributed by atoms with Crippen molar-refractivity contribution in [2.75, 3.05) is 6.54 Å². The van der Waals surface area contributed by atoms with Crippen molar-refractivity contribution < 1.29 is 20.1 Å². The van der Waals surface area contributed by atoms with Crippen LogP contribution in [-0.2, 0) is 4.79 Å². The Balaban J connectivity index is 4.63. The number of rotatable bonds is 6. The molecule has 0 bridgehead atoms. The Labute approximate surface area is 90.3 Å². The number of aliphatic carboxylic acids is 1. The fourth-order valence-corrected chi connectivity index (χ4v) is 1.37. The lowest BCUT2D eigenvalue weighted by atomic mass is 10.1. The Morgan fingerprint density at radius 3 is 1.60 bits per heavy atom. The minimum Gasteiger partial charge on any atom is -0.480 e. The maximum Gasteiger partial charge on any atom is 0.317 e. The highest BCUT2D eigenvalue weighted by Gasteiger charge is 2.27. The Bertz CT molecular complexity index is 192. The standard InChI is InChI=1S/C10H21NO4/c1-6(8(3)12)11(5-10(14)15)7(2)9(4)13/h6-9,12-13H,5H2,1-4H3,(H,14,15). The number of carbonyl (C=O) groups is 1. The third-order valence-electron chi connectivity index (χ3n) is 2.76. The van der Waals surface area contributed by atoms with Crippen LogP contribution in [0.4, 0.5) is 0 Å². The normalized spacial score (nSPS) is 19.7. The van der Waals surface area contributed by atoms with Crippen LogP contribution in [0.3, 0.4) is 0 Å². The molecule has 0 spiro atoms. The van der Waals surface area contributed by atoms with E-state index in [2.05, 4.69) is 0 Å². The van der Waals surface area contributed by atoms with Gasteiger partial charge in [-0.25, -0.2) is 0 Å². The van der Waals surface area contributed by atoms with Gasteiger partial charge in [-0.1, -0.05) is 0 Å². The van der Waals surface area contributed by atoms with Crippen LogP contribution < -0.4 is 0 Å². The van der Waals surface area contributed by atoms with Crippen molar-refractivity contribution in [1.82, 2.24) is 4.90 Å². The van der Waals surface area contributed by atoms with E-state index in [-0.39, 0.29) is 18.6 Å². The van der Waals surface area contributed by atoms with Gasteiger partial charge in [-0.3, -0.25) is 9.69 Å². The van der Waals surface area contributed by atoms with Crippen molar-refractivity contribution in [2.45, 2.75) is 52.0 Å². The number of carboxylic acid groups (broad SMARTS) is 1. The molecule has 5 nitrogen and oxygen atoms in total. The molecule has 0 aromatic heterocycles. The Kier molecular flexibility index (Phi) is 5.79. The van der Waals surface area contributed by atoms with Gasteiger partial charge in [-0.05, 0) is 27.7 Å². The van der Waals surface area contributed by atoms with Gasteiger partial charge in [0.1, 0.15) is 0 Å². The van der Waals surface area contributed by atoms with Crippen molar-refractivity contribution >= 4 is 5.97 Å². The van der Waals surface area contributed by atoms with E-state index < -0.39 is 18.2 Å². The van der Waals surface area contributed by atoms with Crippen molar-refractivity contribution in [3.05, 3.63) is 0 Å². The SMILES string of the molecule is CC(O)C(C)N(CC(=O)O)C(C)C(C)O. The topological polar surface area (TPSA) is 81.0 Å². The molecule has 0 rings (SSSR count). The number of hydrogen-bond acceptors (Lipinski definition) is 4. The van der Waals surface area contributed by atoms with E-state index in [0.717, 1.165) is 0 Å². The Hall–Kier alpha value is -0.650. The summed E-state index contributed by atoms with van der Waals surface area (Å²) in [6.07, 6.45) is -1.27. The zero-order valence-corrected chi connectivity index (χ0v) is 9.71. The molecule has 0 aliphatic rings. The summed E-state index contributed by atoms with van der Waals surface area (Å²) >= 11 is 0. The molecule has 0 fully saturated rings. The molecule has 0 saturated heterocycles. The van der Waals surface area contributed by atoms with Crippen LogP contribution in [0.1, 0.15) is 27.7 Å². The second kappa shape index (κ2) is 6.05. The highest BCUT2D eigenvalue weighted by Crippen LogP contribution is 2.12. The fraction of sp³-hybridized carbons (Fsp3) is 0.900. The van der Waals surface area contributed by atoms with E-state index >= 15 is 0 Å². The van der Waals surface area contributed by atoms with E-state index in [4.69, 9.17) is 5.11 Å². The zero-order valence-electron chi connectivity index (χ0n) is 9.71. The molecule has 0 aliphatic heterocycles. The first-order valence-electron chi connectivity index (χ1n) is 5.11. The van der Waals surface area contributed by atoms with Gasteiger partial charge in [-0.15, -0.1) is 0 Å². The minimum atomic E-state index is -0.963. The molecule has 0 aromatic rings. The second-order valence-corrected chi connectivity index (χ2v) is 4.03. The van der Waals surface area contributed by atoms with Crippen LogP contribution in [0, 0.1) is 0 Å². The van der Waals surface area contributed by atoms with E-state index in [9.17, 15) is 15.0 Å². The van der Waals surface area contributed by atoms with Gasteiger partial charge in [0.25, 0.3) is 0 Å². The highest BCUT2D eigenvalue weighted by molar-refractivity contribution is 5.69. The molecular weight excluding hydrogens is 198 g/mol. The average molecular weight is 219 g/mol. The Morgan fingerprint density at radius 2 is 1.40 bits per heavy atom. The van der Waals surface area contributed by atoms with Gasteiger partial charge in [0, 0.05) is 12.1 Å². The van der Waals surface area contributed by atoms with E-state index in [0.29, 0.717) is 0 Å². The van der Waals surface area contributed by atoms with E-state index in [1.165, 1.54) is 0 Å². The van der Waals surface area contributed by atoms with Gasteiger partial charge in [0.05, 0.1) is 18.8 Å². The first kappa shape index (κ1) is 14.3. The van der Waals surface area contributed by atoms with Gasteiger partial charge >= 0.3 is 5.97 Å². The molecule has 0 amide bonds. The first-order valence-corrected chi connectivity index (χ1v) is 5.11. The minimum absolute atomic E-state index is 0.182. The van der Waals surface area contributed by atoms with Crippen LogP contribution in [-0.4, -0.2) is 57.0 Å².